The summed E-state index contributed by atoms with van der Waals surface area (Å²) in [6, 6.07) is 11.6. The summed E-state index contributed by atoms with van der Waals surface area (Å²) in [4.78, 5) is 14.5. The summed E-state index contributed by atoms with van der Waals surface area (Å²) in [6.07, 6.45) is 6.18. The molecule has 2 aliphatic rings. The Hall–Kier alpha value is -2.10. The zero-order valence-corrected chi connectivity index (χ0v) is 15.4. The number of anilines is 2. The zero-order valence-electron chi connectivity index (χ0n) is 15.4. The van der Waals surface area contributed by atoms with Gasteiger partial charge in [0.15, 0.2) is 0 Å². The Kier molecular flexibility index (Phi) is 4.60. The second-order valence-corrected chi connectivity index (χ2v) is 7.32. The fourth-order valence-electron chi connectivity index (χ4n) is 4.26. The summed E-state index contributed by atoms with van der Waals surface area (Å²) in [5, 5.41) is 0. The van der Waals surface area contributed by atoms with Gasteiger partial charge in [0.25, 0.3) is 0 Å². The molecule has 0 saturated carbocycles. The molecule has 132 valence electrons. The van der Waals surface area contributed by atoms with Crippen molar-refractivity contribution in [3.8, 4) is 0 Å². The number of aromatic nitrogens is 2. The molecule has 1 aromatic carbocycles. The fraction of sp³-hybridized carbons (Fsp3) is 0.524. The molecule has 0 N–H and O–H groups in total. The molecule has 4 heteroatoms. The standard InChI is InChI=1S/C21H28N4/c1-3-19-10-6-7-12-25(19)21-14-20(22-16(2)23-21)24-13-11-17-8-4-5-9-18(17)15-24/h4-5,8-9,14,19H,3,6-7,10-13,15H2,1-2H3. The quantitative estimate of drug-likeness (QED) is 0.844. The molecule has 2 aliphatic heterocycles. The molecule has 25 heavy (non-hydrogen) atoms. The average Bonchev–Trinajstić information content (AvgIpc) is 2.67. The van der Waals surface area contributed by atoms with Crippen LogP contribution in [0.4, 0.5) is 11.6 Å². The van der Waals surface area contributed by atoms with E-state index >= 15 is 0 Å². The van der Waals surface area contributed by atoms with Crippen molar-refractivity contribution in [3.05, 3.63) is 47.3 Å². The van der Waals surface area contributed by atoms with Crippen molar-refractivity contribution in [2.75, 3.05) is 22.9 Å². The third kappa shape index (κ3) is 3.35. The van der Waals surface area contributed by atoms with Gasteiger partial charge in [-0.1, -0.05) is 31.2 Å². The van der Waals surface area contributed by atoms with E-state index in [0.29, 0.717) is 6.04 Å². The minimum absolute atomic E-state index is 0.623. The van der Waals surface area contributed by atoms with E-state index in [9.17, 15) is 0 Å². The monoisotopic (exact) mass is 336 g/mol. The van der Waals surface area contributed by atoms with E-state index in [-0.39, 0.29) is 0 Å². The van der Waals surface area contributed by atoms with Crippen LogP contribution in [0, 0.1) is 6.92 Å². The van der Waals surface area contributed by atoms with Gasteiger partial charge in [0.2, 0.25) is 0 Å². The van der Waals surface area contributed by atoms with Crippen molar-refractivity contribution in [1.82, 2.24) is 9.97 Å². The molecule has 4 nitrogen and oxygen atoms in total. The van der Waals surface area contributed by atoms with E-state index in [1.807, 2.05) is 6.92 Å². The highest BCUT2D eigenvalue weighted by atomic mass is 15.3. The van der Waals surface area contributed by atoms with Crippen molar-refractivity contribution in [1.29, 1.82) is 0 Å². The molecule has 0 amide bonds. The number of fused-ring (bicyclic) bond motifs is 1. The molecule has 0 spiro atoms. The van der Waals surface area contributed by atoms with Gasteiger partial charge in [-0.3, -0.25) is 0 Å². The second kappa shape index (κ2) is 7.03. The van der Waals surface area contributed by atoms with Gasteiger partial charge in [0.1, 0.15) is 17.5 Å². The lowest BCUT2D eigenvalue weighted by Gasteiger charge is -2.37. The van der Waals surface area contributed by atoms with Crippen LogP contribution in [0.5, 0.6) is 0 Å². The Morgan fingerprint density at radius 2 is 1.84 bits per heavy atom. The predicted molar refractivity (Wildman–Crippen MR) is 103 cm³/mol. The molecular weight excluding hydrogens is 308 g/mol. The van der Waals surface area contributed by atoms with Gasteiger partial charge in [0.05, 0.1) is 0 Å². The highest BCUT2D eigenvalue weighted by Gasteiger charge is 2.24. The number of hydrogen-bond donors (Lipinski definition) is 0. The molecule has 1 unspecified atom stereocenters. The highest BCUT2D eigenvalue weighted by molar-refractivity contribution is 5.53. The van der Waals surface area contributed by atoms with Crippen molar-refractivity contribution >= 4 is 11.6 Å². The SMILES string of the molecule is CCC1CCCCN1c1cc(N2CCc3ccccc3C2)nc(C)n1. The first kappa shape index (κ1) is 16.4. The Bertz CT molecular complexity index is 742. The Balaban J connectivity index is 1.62. The van der Waals surface area contributed by atoms with Gasteiger partial charge in [-0.15, -0.1) is 0 Å². The molecule has 2 aromatic rings. The smallest absolute Gasteiger partial charge is 0.134 e. The third-order valence-electron chi connectivity index (χ3n) is 5.66. The molecule has 1 aromatic heterocycles. The number of nitrogens with zero attached hydrogens (tertiary/aromatic N) is 4. The normalized spacial score (nSPS) is 20.5. The minimum Gasteiger partial charge on any atom is -0.353 e. The first-order valence-corrected chi connectivity index (χ1v) is 9.68. The van der Waals surface area contributed by atoms with Gasteiger partial charge in [0, 0.05) is 31.7 Å². The van der Waals surface area contributed by atoms with Crippen LogP contribution < -0.4 is 9.80 Å². The lowest BCUT2D eigenvalue weighted by Crippen LogP contribution is -2.40. The first-order valence-electron chi connectivity index (χ1n) is 9.68. The van der Waals surface area contributed by atoms with Gasteiger partial charge >= 0.3 is 0 Å². The molecule has 1 saturated heterocycles. The minimum atomic E-state index is 0.623. The van der Waals surface area contributed by atoms with Crippen molar-refractivity contribution in [3.63, 3.8) is 0 Å². The van der Waals surface area contributed by atoms with Crippen molar-refractivity contribution in [2.45, 2.75) is 58.5 Å². The van der Waals surface area contributed by atoms with Crippen LogP contribution in [0.15, 0.2) is 30.3 Å². The summed E-state index contributed by atoms with van der Waals surface area (Å²) in [7, 11) is 0. The Morgan fingerprint density at radius 3 is 2.68 bits per heavy atom. The van der Waals surface area contributed by atoms with Crippen LogP contribution in [0.1, 0.15) is 49.6 Å². The number of hydrogen-bond acceptors (Lipinski definition) is 4. The predicted octanol–water partition coefficient (Wildman–Crippen LogP) is 4.12. The Morgan fingerprint density at radius 1 is 1.04 bits per heavy atom. The molecular formula is C21H28N4. The van der Waals surface area contributed by atoms with Crippen LogP contribution in [0.2, 0.25) is 0 Å². The summed E-state index contributed by atoms with van der Waals surface area (Å²) in [5.74, 6) is 3.08. The maximum absolute atomic E-state index is 4.78. The maximum Gasteiger partial charge on any atom is 0.134 e. The first-order chi connectivity index (χ1) is 12.2. The van der Waals surface area contributed by atoms with Gasteiger partial charge in [-0.2, -0.15) is 0 Å². The highest BCUT2D eigenvalue weighted by Crippen LogP contribution is 2.29. The third-order valence-corrected chi connectivity index (χ3v) is 5.66. The lowest BCUT2D eigenvalue weighted by molar-refractivity contribution is 0.446. The summed E-state index contributed by atoms with van der Waals surface area (Å²) >= 11 is 0. The van der Waals surface area contributed by atoms with Crippen LogP contribution >= 0.6 is 0 Å². The van der Waals surface area contributed by atoms with E-state index < -0.39 is 0 Å². The number of piperidine rings is 1. The molecule has 1 fully saturated rings. The van der Waals surface area contributed by atoms with E-state index in [2.05, 4.69) is 47.1 Å². The van der Waals surface area contributed by atoms with E-state index in [4.69, 9.17) is 9.97 Å². The number of benzene rings is 1. The second-order valence-electron chi connectivity index (χ2n) is 7.32. The van der Waals surface area contributed by atoms with Crippen molar-refractivity contribution < 1.29 is 0 Å². The average molecular weight is 336 g/mol. The van der Waals surface area contributed by atoms with Crippen LogP contribution in [0.25, 0.3) is 0 Å². The molecule has 0 aliphatic carbocycles. The molecule has 4 rings (SSSR count). The molecule has 0 bridgehead atoms. The largest absolute Gasteiger partial charge is 0.353 e. The number of rotatable bonds is 3. The molecule has 0 radical (unpaired) electrons. The maximum atomic E-state index is 4.78. The van der Waals surface area contributed by atoms with Crippen LogP contribution in [0.3, 0.4) is 0 Å². The summed E-state index contributed by atoms with van der Waals surface area (Å²) in [5.41, 5.74) is 2.91. The van der Waals surface area contributed by atoms with E-state index in [1.54, 1.807) is 0 Å². The van der Waals surface area contributed by atoms with Gasteiger partial charge in [-0.05, 0) is 50.2 Å². The van der Waals surface area contributed by atoms with Crippen molar-refractivity contribution in [2.24, 2.45) is 0 Å². The topological polar surface area (TPSA) is 32.3 Å². The fourth-order valence-corrected chi connectivity index (χ4v) is 4.26. The molecule has 3 heterocycles. The van der Waals surface area contributed by atoms with Gasteiger partial charge in [-0.25, -0.2) is 9.97 Å². The zero-order chi connectivity index (χ0) is 17.2. The lowest BCUT2D eigenvalue weighted by atomic mass is 9.99. The van der Waals surface area contributed by atoms with E-state index in [1.165, 1.54) is 36.8 Å². The summed E-state index contributed by atoms with van der Waals surface area (Å²) < 4.78 is 0. The Labute approximate surface area is 150 Å². The van der Waals surface area contributed by atoms with E-state index in [0.717, 1.165) is 43.5 Å². The summed E-state index contributed by atoms with van der Waals surface area (Å²) in [6.45, 7) is 7.42. The number of aryl methyl sites for hydroxylation is 1. The van der Waals surface area contributed by atoms with Crippen LogP contribution in [-0.4, -0.2) is 29.1 Å². The van der Waals surface area contributed by atoms with Crippen LogP contribution in [-0.2, 0) is 13.0 Å². The molecule has 1 atom stereocenters. The van der Waals surface area contributed by atoms with Gasteiger partial charge < -0.3 is 9.80 Å².